The Hall–Kier alpha value is -0.960. The molecule has 2 atom stereocenters. The molecule has 0 amide bonds. The van der Waals surface area contributed by atoms with Crippen LogP contribution in [0.15, 0.2) is 29.2 Å². The summed E-state index contributed by atoms with van der Waals surface area (Å²) in [6.07, 6.45) is 3.56. The SMILES string of the molecule is COc1ccc(SC(=O)C2C(C)CCCC2(C)C)cc1. The van der Waals surface area contributed by atoms with Crippen LogP contribution in [0.3, 0.4) is 0 Å². The molecular formula is C17H24O2S. The molecule has 1 fully saturated rings. The number of rotatable bonds is 3. The number of benzene rings is 1. The number of thioether (sulfide) groups is 1. The Balaban J connectivity index is 2.09. The van der Waals surface area contributed by atoms with Crippen molar-refractivity contribution < 1.29 is 9.53 Å². The fraction of sp³-hybridized carbons (Fsp3) is 0.588. The molecule has 0 spiro atoms. The number of ether oxygens (including phenoxy) is 1. The van der Waals surface area contributed by atoms with E-state index in [1.807, 2.05) is 24.3 Å². The summed E-state index contributed by atoms with van der Waals surface area (Å²) in [6.45, 7) is 6.69. The minimum absolute atomic E-state index is 0.119. The molecule has 0 radical (unpaired) electrons. The van der Waals surface area contributed by atoms with Crippen molar-refractivity contribution in [3.8, 4) is 5.75 Å². The standard InChI is InChI=1S/C17H24O2S/c1-12-6-5-11-17(2,3)15(12)16(18)20-14-9-7-13(19-4)8-10-14/h7-10,12,15H,5-6,11H2,1-4H3. The van der Waals surface area contributed by atoms with Crippen LogP contribution in [0.5, 0.6) is 5.75 Å². The molecule has 1 aromatic carbocycles. The summed E-state index contributed by atoms with van der Waals surface area (Å²) in [5, 5.41) is 0.312. The van der Waals surface area contributed by atoms with Crippen LogP contribution in [-0.2, 0) is 4.79 Å². The van der Waals surface area contributed by atoms with Crippen molar-refractivity contribution in [2.45, 2.75) is 44.9 Å². The van der Waals surface area contributed by atoms with Crippen molar-refractivity contribution in [3.05, 3.63) is 24.3 Å². The highest BCUT2D eigenvalue weighted by atomic mass is 32.2. The first kappa shape index (κ1) is 15.4. The van der Waals surface area contributed by atoms with E-state index in [-0.39, 0.29) is 11.3 Å². The van der Waals surface area contributed by atoms with Gasteiger partial charge in [-0.15, -0.1) is 0 Å². The molecule has 0 N–H and O–H groups in total. The van der Waals surface area contributed by atoms with E-state index in [1.54, 1.807) is 7.11 Å². The Labute approximate surface area is 126 Å². The predicted octanol–water partition coefficient (Wildman–Crippen LogP) is 4.78. The van der Waals surface area contributed by atoms with Crippen LogP contribution in [0, 0.1) is 17.3 Å². The number of hydrogen-bond acceptors (Lipinski definition) is 3. The van der Waals surface area contributed by atoms with Crippen LogP contribution in [0.1, 0.15) is 40.0 Å². The van der Waals surface area contributed by atoms with Gasteiger partial charge in [-0.25, -0.2) is 0 Å². The average molecular weight is 292 g/mol. The van der Waals surface area contributed by atoms with Crippen molar-refractivity contribution >= 4 is 16.9 Å². The molecule has 0 aliphatic heterocycles. The van der Waals surface area contributed by atoms with E-state index in [0.29, 0.717) is 11.0 Å². The second-order valence-corrected chi connectivity index (χ2v) is 7.51. The minimum Gasteiger partial charge on any atom is -0.497 e. The molecule has 0 heterocycles. The molecule has 1 aliphatic rings. The van der Waals surface area contributed by atoms with E-state index in [0.717, 1.165) is 17.1 Å². The van der Waals surface area contributed by atoms with Crippen molar-refractivity contribution in [1.82, 2.24) is 0 Å². The second kappa shape index (κ2) is 6.21. The third-order valence-corrected chi connectivity index (χ3v) is 5.39. The van der Waals surface area contributed by atoms with Gasteiger partial charge < -0.3 is 4.74 Å². The van der Waals surface area contributed by atoms with Crippen LogP contribution in [-0.4, -0.2) is 12.2 Å². The number of carbonyl (C=O) groups excluding carboxylic acids is 1. The first-order chi connectivity index (χ1) is 9.44. The predicted molar refractivity (Wildman–Crippen MR) is 84.1 cm³/mol. The van der Waals surface area contributed by atoms with Gasteiger partial charge in [0.2, 0.25) is 0 Å². The summed E-state index contributed by atoms with van der Waals surface area (Å²) < 4.78 is 5.15. The van der Waals surface area contributed by atoms with Crippen molar-refractivity contribution in [3.63, 3.8) is 0 Å². The van der Waals surface area contributed by atoms with Gasteiger partial charge in [0.1, 0.15) is 5.75 Å². The third-order valence-electron chi connectivity index (χ3n) is 4.42. The number of hydrogen-bond donors (Lipinski definition) is 0. The van der Waals surface area contributed by atoms with Gasteiger partial charge in [0.15, 0.2) is 5.12 Å². The molecular weight excluding hydrogens is 268 g/mol. The Bertz CT molecular complexity index is 464. The largest absolute Gasteiger partial charge is 0.497 e. The van der Waals surface area contributed by atoms with E-state index in [4.69, 9.17) is 4.74 Å². The van der Waals surface area contributed by atoms with Gasteiger partial charge in [-0.1, -0.05) is 39.0 Å². The van der Waals surface area contributed by atoms with Crippen molar-refractivity contribution in [2.75, 3.05) is 7.11 Å². The van der Waals surface area contributed by atoms with Crippen LogP contribution in [0.4, 0.5) is 0 Å². The molecule has 110 valence electrons. The van der Waals surface area contributed by atoms with Crippen LogP contribution in [0.2, 0.25) is 0 Å². The number of carbonyl (C=O) groups is 1. The van der Waals surface area contributed by atoms with Gasteiger partial charge in [0.25, 0.3) is 0 Å². The molecule has 0 bridgehead atoms. The third kappa shape index (κ3) is 3.38. The zero-order valence-corrected chi connectivity index (χ0v) is 13.6. The molecule has 2 unspecified atom stereocenters. The highest BCUT2D eigenvalue weighted by Crippen LogP contribution is 2.46. The van der Waals surface area contributed by atoms with Gasteiger partial charge in [-0.3, -0.25) is 4.79 Å². The van der Waals surface area contributed by atoms with Crippen LogP contribution < -0.4 is 4.74 Å². The topological polar surface area (TPSA) is 26.3 Å². The zero-order chi connectivity index (χ0) is 14.8. The molecule has 20 heavy (non-hydrogen) atoms. The molecule has 2 rings (SSSR count). The highest BCUT2D eigenvalue weighted by molar-refractivity contribution is 8.13. The lowest BCUT2D eigenvalue weighted by atomic mass is 9.65. The van der Waals surface area contributed by atoms with E-state index in [1.165, 1.54) is 24.6 Å². The maximum absolute atomic E-state index is 12.7. The second-order valence-electron chi connectivity index (χ2n) is 6.43. The summed E-state index contributed by atoms with van der Waals surface area (Å²) >= 11 is 1.38. The lowest BCUT2D eigenvalue weighted by Crippen LogP contribution is -2.38. The average Bonchev–Trinajstić information content (AvgIpc) is 2.38. The van der Waals surface area contributed by atoms with Gasteiger partial charge >= 0.3 is 0 Å². The maximum Gasteiger partial charge on any atom is 0.197 e. The van der Waals surface area contributed by atoms with Gasteiger partial charge in [-0.2, -0.15) is 0 Å². The Morgan fingerprint density at radius 2 is 1.95 bits per heavy atom. The highest BCUT2D eigenvalue weighted by Gasteiger charge is 2.41. The van der Waals surface area contributed by atoms with Crippen LogP contribution >= 0.6 is 11.8 Å². The molecule has 2 nitrogen and oxygen atoms in total. The van der Waals surface area contributed by atoms with Crippen LogP contribution in [0.25, 0.3) is 0 Å². The fourth-order valence-electron chi connectivity index (χ4n) is 3.35. The minimum atomic E-state index is 0.119. The molecule has 1 saturated carbocycles. The summed E-state index contributed by atoms with van der Waals surface area (Å²) in [5.41, 5.74) is 0.119. The Morgan fingerprint density at radius 1 is 1.30 bits per heavy atom. The molecule has 0 aromatic heterocycles. The molecule has 3 heteroatoms. The van der Waals surface area contributed by atoms with E-state index < -0.39 is 0 Å². The van der Waals surface area contributed by atoms with E-state index in [9.17, 15) is 4.79 Å². The molecule has 1 aromatic rings. The zero-order valence-electron chi connectivity index (χ0n) is 12.8. The quantitative estimate of drug-likeness (QED) is 0.750. The van der Waals surface area contributed by atoms with E-state index in [2.05, 4.69) is 20.8 Å². The maximum atomic E-state index is 12.7. The lowest BCUT2D eigenvalue weighted by molar-refractivity contribution is -0.121. The summed E-state index contributed by atoms with van der Waals surface area (Å²) in [6, 6.07) is 7.74. The summed E-state index contributed by atoms with van der Waals surface area (Å²) in [5.74, 6) is 1.47. The van der Waals surface area contributed by atoms with Crippen molar-refractivity contribution in [1.29, 1.82) is 0 Å². The monoisotopic (exact) mass is 292 g/mol. The van der Waals surface area contributed by atoms with Gasteiger partial charge in [-0.05, 0) is 48.4 Å². The van der Waals surface area contributed by atoms with Gasteiger partial charge in [0, 0.05) is 10.8 Å². The normalized spacial score (nSPS) is 25.2. The lowest BCUT2D eigenvalue weighted by Gasteiger charge is -2.41. The summed E-state index contributed by atoms with van der Waals surface area (Å²) in [7, 11) is 1.65. The Morgan fingerprint density at radius 3 is 2.50 bits per heavy atom. The molecule has 0 saturated heterocycles. The summed E-state index contributed by atoms with van der Waals surface area (Å²) in [4.78, 5) is 13.7. The fourth-order valence-corrected chi connectivity index (χ4v) is 4.53. The smallest absolute Gasteiger partial charge is 0.197 e. The van der Waals surface area contributed by atoms with E-state index >= 15 is 0 Å². The Kier molecular flexibility index (Phi) is 4.79. The van der Waals surface area contributed by atoms with Crippen molar-refractivity contribution in [2.24, 2.45) is 17.3 Å². The first-order valence-electron chi connectivity index (χ1n) is 7.30. The number of methoxy groups -OCH3 is 1. The first-order valence-corrected chi connectivity index (χ1v) is 8.11. The molecule has 1 aliphatic carbocycles. The van der Waals surface area contributed by atoms with Gasteiger partial charge in [0.05, 0.1) is 7.11 Å².